The summed E-state index contributed by atoms with van der Waals surface area (Å²) in [4.78, 5) is 4.14. The lowest BCUT2D eigenvalue weighted by molar-refractivity contribution is -0.0328. The molecule has 3 aromatic heterocycles. The van der Waals surface area contributed by atoms with E-state index in [9.17, 15) is 21.6 Å². The second kappa shape index (κ2) is 8.75. The number of hydrogen-bond acceptors (Lipinski definition) is 6. The average Bonchev–Trinajstić information content (AvgIpc) is 3.08. The zero-order valence-corrected chi connectivity index (χ0v) is 20.0. The van der Waals surface area contributed by atoms with E-state index in [-0.39, 0.29) is 43.5 Å². The van der Waals surface area contributed by atoms with E-state index in [1.807, 2.05) is 0 Å². The minimum Gasteiger partial charge on any atom is -0.274 e. The van der Waals surface area contributed by atoms with Gasteiger partial charge in [0.05, 0.1) is 5.75 Å². The van der Waals surface area contributed by atoms with Gasteiger partial charge in [0.15, 0.2) is 21.3 Å². The summed E-state index contributed by atoms with van der Waals surface area (Å²) in [5.41, 5.74) is -2.97. The number of rotatable bonds is 5. The highest BCUT2D eigenvalue weighted by Gasteiger charge is 2.29. The van der Waals surface area contributed by atoms with Crippen LogP contribution in [0.4, 0.5) is 13.2 Å². The van der Waals surface area contributed by atoms with Crippen molar-refractivity contribution in [1.82, 2.24) is 19.2 Å². The van der Waals surface area contributed by atoms with Crippen LogP contribution in [0, 0.1) is 4.77 Å². The third-order valence-corrected chi connectivity index (χ3v) is 7.71. The highest BCUT2D eigenvalue weighted by atomic mass is 35.5. The number of fused-ring (bicyclic) bond motifs is 1. The largest absolute Gasteiger partial charge is 0.446 e. The SMILES string of the molecule is CCS(=O)(=O)c1cc(-c2ccc(Cl)cc2)cnc1-n1nc2ccc(SC(F)(F)F)cn2c1=S. The summed E-state index contributed by atoms with van der Waals surface area (Å²) in [5, 5.41) is 4.81. The van der Waals surface area contributed by atoms with Crippen LogP contribution in [0.25, 0.3) is 22.6 Å². The van der Waals surface area contributed by atoms with Gasteiger partial charge in [-0.25, -0.2) is 13.4 Å². The average molecular weight is 531 g/mol. The number of sulfone groups is 1. The van der Waals surface area contributed by atoms with Crippen molar-refractivity contribution in [3.05, 3.63) is 64.7 Å². The molecule has 0 bridgehead atoms. The topological polar surface area (TPSA) is 69.3 Å². The first-order valence-corrected chi connectivity index (χ1v) is 12.6. The summed E-state index contributed by atoms with van der Waals surface area (Å²) in [5.74, 6) is -0.230. The van der Waals surface area contributed by atoms with Crippen LogP contribution < -0.4 is 0 Å². The molecular weight excluding hydrogens is 517 g/mol. The first-order valence-electron chi connectivity index (χ1n) is 9.35. The van der Waals surface area contributed by atoms with Crippen molar-refractivity contribution in [1.29, 1.82) is 0 Å². The fraction of sp³-hybridized carbons (Fsp3) is 0.150. The molecule has 0 fully saturated rings. The van der Waals surface area contributed by atoms with Crippen molar-refractivity contribution in [2.75, 3.05) is 5.75 Å². The maximum absolute atomic E-state index is 12.9. The van der Waals surface area contributed by atoms with Crippen molar-refractivity contribution in [2.24, 2.45) is 0 Å². The molecule has 1 aromatic carbocycles. The van der Waals surface area contributed by atoms with Gasteiger partial charge < -0.3 is 0 Å². The predicted molar refractivity (Wildman–Crippen MR) is 123 cm³/mol. The Morgan fingerprint density at radius 3 is 2.45 bits per heavy atom. The smallest absolute Gasteiger partial charge is 0.274 e. The third kappa shape index (κ3) is 4.93. The fourth-order valence-corrected chi connectivity index (χ4v) is 5.06. The van der Waals surface area contributed by atoms with E-state index in [1.165, 1.54) is 41.9 Å². The van der Waals surface area contributed by atoms with E-state index in [4.69, 9.17) is 23.8 Å². The van der Waals surface area contributed by atoms with E-state index in [1.54, 1.807) is 24.3 Å². The summed E-state index contributed by atoms with van der Waals surface area (Å²) < 4.78 is 66.5. The zero-order valence-electron chi connectivity index (χ0n) is 16.7. The molecule has 6 nitrogen and oxygen atoms in total. The van der Waals surface area contributed by atoms with Gasteiger partial charge in [0, 0.05) is 27.9 Å². The van der Waals surface area contributed by atoms with Crippen molar-refractivity contribution in [3.8, 4) is 16.9 Å². The van der Waals surface area contributed by atoms with Gasteiger partial charge in [-0.2, -0.15) is 17.9 Å². The van der Waals surface area contributed by atoms with Crippen LogP contribution in [0.15, 0.2) is 64.6 Å². The lowest BCUT2D eigenvalue weighted by Gasteiger charge is -2.11. The normalized spacial score (nSPS) is 12.4. The molecule has 0 aliphatic heterocycles. The molecule has 0 amide bonds. The molecular formula is C20H14ClF3N4O2S3. The minimum atomic E-state index is -4.47. The number of aromatic nitrogens is 4. The van der Waals surface area contributed by atoms with Crippen LogP contribution in [0.3, 0.4) is 0 Å². The molecule has 0 radical (unpaired) electrons. The molecule has 0 spiro atoms. The van der Waals surface area contributed by atoms with Gasteiger partial charge in [-0.15, -0.1) is 5.10 Å². The molecule has 0 aliphatic rings. The number of benzene rings is 1. The van der Waals surface area contributed by atoms with Crippen LogP contribution >= 0.6 is 35.6 Å². The Kier molecular flexibility index (Phi) is 6.29. The molecule has 4 aromatic rings. The quantitative estimate of drug-likeness (QED) is 0.234. The van der Waals surface area contributed by atoms with Gasteiger partial charge in [0.1, 0.15) is 4.90 Å². The first kappa shape index (κ1) is 23.7. The maximum Gasteiger partial charge on any atom is 0.446 e. The summed E-state index contributed by atoms with van der Waals surface area (Å²) in [6.45, 7) is 1.50. The van der Waals surface area contributed by atoms with E-state index in [2.05, 4.69) is 10.1 Å². The van der Waals surface area contributed by atoms with Crippen molar-refractivity contribution < 1.29 is 21.6 Å². The molecule has 0 atom stereocenters. The van der Waals surface area contributed by atoms with Crippen LogP contribution in [0.5, 0.6) is 0 Å². The van der Waals surface area contributed by atoms with Gasteiger partial charge in [-0.3, -0.25) is 4.40 Å². The summed E-state index contributed by atoms with van der Waals surface area (Å²) >= 11 is 11.0. The highest BCUT2D eigenvalue weighted by molar-refractivity contribution is 8.00. The lowest BCUT2D eigenvalue weighted by Crippen LogP contribution is -2.12. The van der Waals surface area contributed by atoms with Crippen molar-refractivity contribution >= 4 is 51.1 Å². The van der Waals surface area contributed by atoms with Gasteiger partial charge in [0.25, 0.3) is 0 Å². The predicted octanol–water partition coefficient (Wildman–Crippen LogP) is 5.98. The zero-order chi connectivity index (χ0) is 24.0. The fourth-order valence-electron chi connectivity index (χ4n) is 3.07. The molecule has 172 valence electrons. The van der Waals surface area contributed by atoms with Crippen LogP contribution in [0.2, 0.25) is 5.02 Å². The van der Waals surface area contributed by atoms with Crippen LogP contribution in [0.1, 0.15) is 6.92 Å². The summed E-state index contributed by atoms with van der Waals surface area (Å²) in [7, 11) is -3.76. The van der Waals surface area contributed by atoms with E-state index in [0.717, 1.165) is 4.68 Å². The number of hydrogen-bond donors (Lipinski definition) is 0. The maximum atomic E-state index is 12.9. The number of halogens is 4. The van der Waals surface area contributed by atoms with Gasteiger partial charge in [0.2, 0.25) is 4.77 Å². The molecule has 3 heterocycles. The molecule has 13 heteroatoms. The molecule has 0 saturated heterocycles. The second-order valence-corrected chi connectivity index (χ2v) is 11.0. The highest BCUT2D eigenvalue weighted by Crippen LogP contribution is 2.37. The van der Waals surface area contributed by atoms with E-state index < -0.39 is 15.3 Å². The number of alkyl halides is 3. The Morgan fingerprint density at radius 1 is 1.12 bits per heavy atom. The number of nitrogens with zero attached hydrogens (tertiary/aromatic N) is 4. The standard InChI is InChI=1S/C20H14ClF3N4O2S3/c1-2-33(29,30)16-9-13(12-3-5-14(21)6-4-12)10-25-18(16)28-19(31)27-11-15(32-20(22,23)24)7-8-17(27)26-28/h3-11H,2H2,1H3. The Labute approximate surface area is 201 Å². The monoisotopic (exact) mass is 530 g/mol. The molecule has 0 aliphatic carbocycles. The second-order valence-electron chi connectivity index (χ2n) is 6.79. The number of pyridine rings is 2. The lowest BCUT2D eigenvalue weighted by atomic mass is 10.1. The minimum absolute atomic E-state index is 0.0195. The summed E-state index contributed by atoms with van der Waals surface area (Å²) in [6.07, 6.45) is 2.68. The van der Waals surface area contributed by atoms with E-state index in [0.29, 0.717) is 16.1 Å². The first-order chi connectivity index (χ1) is 15.5. The van der Waals surface area contributed by atoms with Crippen LogP contribution in [-0.4, -0.2) is 38.8 Å². The van der Waals surface area contributed by atoms with Crippen molar-refractivity contribution in [2.45, 2.75) is 22.2 Å². The molecule has 33 heavy (non-hydrogen) atoms. The molecule has 0 N–H and O–H groups in total. The molecule has 0 saturated carbocycles. The Bertz CT molecular complexity index is 1510. The summed E-state index contributed by atoms with van der Waals surface area (Å²) in [6, 6.07) is 10.9. The van der Waals surface area contributed by atoms with Crippen LogP contribution in [-0.2, 0) is 9.84 Å². The molecule has 0 unspecified atom stereocenters. The molecule has 4 rings (SSSR count). The van der Waals surface area contributed by atoms with Gasteiger partial charge >= 0.3 is 5.51 Å². The number of thioether (sulfide) groups is 1. The Balaban J connectivity index is 1.90. The van der Waals surface area contributed by atoms with Gasteiger partial charge in [-0.1, -0.05) is 30.7 Å². The van der Waals surface area contributed by atoms with E-state index >= 15 is 0 Å². The van der Waals surface area contributed by atoms with Gasteiger partial charge in [-0.05, 0) is 59.9 Å². The Morgan fingerprint density at radius 2 is 1.82 bits per heavy atom. The Hall–Kier alpha value is -2.41. The third-order valence-electron chi connectivity index (χ3n) is 4.65. The van der Waals surface area contributed by atoms with Crippen molar-refractivity contribution in [3.63, 3.8) is 0 Å².